The SMILES string of the molecule is CC(C)=C1[C@H]2CC[C@H]1[C@H](C(=O)Nc1ccc(C)c(Cl)c1)[C@H]2C(=O)O. The van der Waals surface area contributed by atoms with Crippen LogP contribution in [0.4, 0.5) is 5.69 Å². The van der Waals surface area contributed by atoms with Gasteiger partial charge in [0.1, 0.15) is 0 Å². The fourth-order valence-corrected chi connectivity index (χ4v) is 4.68. The average Bonchev–Trinajstić information content (AvgIpc) is 3.06. The number of carboxylic acids is 1. The van der Waals surface area contributed by atoms with Crippen LogP contribution in [-0.2, 0) is 9.59 Å². The molecule has 2 N–H and O–H groups in total. The van der Waals surface area contributed by atoms with E-state index < -0.39 is 17.8 Å². The number of fused-ring (bicyclic) bond motifs is 2. The maximum Gasteiger partial charge on any atom is 0.307 e. The van der Waals surface area contributed by atoms with Crippen LogP contribution in [0, 0.1) is 30.6 Å². The molecule has 4 atom stereocenters. The summed E-state index contributed by atoms with van der Waals surface area (Å²) < 4.78 is 0. The second-order valence-corrected chi connectivity index (χ2v) is 7.50. The maximum absolute atomic E-state index is 12.8. The Balaban J connectivity index is 1.89. The highest BCUT2D eigenvalue weighted by Crippen LogP contribution is 2.57. The molecule has 128 valence electrons. The van der Waals surface area contributed by atoms with E-state index >= 15 is 0 Å². The van der Waals surface area contributed by atoms with Gasteiger partial charge < -0.3 is 10.4 Å². The van der Waals surface area contributed by atoms with Crippen LogP contribution in [0.3, 0.4) is 0 Å². The number of amides is 1. The van der Waals surface area contributed by atoms with E-state index in [1.54, 1.807) is 12.1 Å². The predicted octanol–water partition coefficient (Wildman–Crippen LogP) is 4.28. The average molecular weight is 348 g/mol. The number of anilines is 1. The number of carboxylic acid groups (broad SMARTS) is 1. The number of aryl methyl sites for hydroxylation is 1. The quantitative estimate of drug-likeness (QED) is 0.802. The minimum atomic E-state index is -0.872. The molecule has 5 heteroatoms. The number of aliphatic carboxylic acids is 1. The van der Waals surface area contributed by atoms with E-state index in [9.17, 15) is 14.7 Å². The van der Waals surface area contributed by atoms with Crippen molar-refractivity contribution in [3.63, 3.8) is 0 Å². The number of hydrogen-bond acceptors (Lipinski definition) is 2. The fraction of sp³-hybridized carbons (Fsp3) is 0.474. The molecule has 0 unspecified atom stereocenters. The second kappa shape index (κ2) is 6.25. The summed E-state index contributed by atoms with van der Waals surface area (Å²) in [6, 6.07) is 5.35. The minimum absolute atomic E-state index is 0.00476. The van der Waals surface area contributed by atoms with E-state index in [2.05, 4.69) is 5.32 Å². The summed E-state index contributed by atoms with van der Waals surface area (Å²) in [4.78, 5) is 24.6. The number of carbonyl (C=O) groups is 2. The summed E-state index contributed by atoms with van der Waals surface area (Å²) in [7, 11) is 0. The zero-order chi connectivity index (χ0) is 17.6. The summed E-state index contributed by atoms with van der Waals surface area (Å²) in [5, 5.41) is 13.1. The number of rotatable bonds is 3. The van der Waals surface area contributed by atoms with Gasteiger partial charge in [-0.1, -0.05) is 28.8 Å². The van der Waals surface area contributed by atoms with Gasteiger partial charge in [0.2, 0.25) is 5.91 Å². The first-order valence-corrected chi connectivity index (χ1v) is 8.66. The third-order valence-corrected chi connectivity index (χ3v) is 5.85. The first kappa shape index (κ1) is 17.0. The number of benzene rings is 1. The van der Waals surface area contributed by atoms with Crippen molar-refractivity contribution in [2.75, 3.05) is 5.32 Å². The van der Waals surface area contributed by atoms with Gasteiger partial charge in [0.25, 0.3) is 0 Å². The molecule has 2 aliphatic rings. The molecular formula is C19H22ClNO3. The molecule has 2 bridgehead atoms. The molecule has 0 spiro atoms. The van der Waals surface area contributed by atoms with Crippen molar-refractivity contribution < 1.29 is 14.7 Å². The van der Waals surface area contributed by atoms with Crippen molar-refractivity contribution in [1.29, 1.82) is 0 Å². The van der Waals surface area contributed by atoms with Gasteiger partial charge in [-0.2, -0.15) is 0 Å². The fourth-order valence-electron chi connectivity index (χ4n) is 4.50. The van der Waals surface area contributed by atoms with Crippen molar-refractivity contribution >= 4 is 29.2 Å². The molecule has 0 aromatic heterocycles. The van der Waals surface area contributed by atoms with Crippen molar-refractivity contribution in [3.8, 4) is 0 Å². The largest absolute Gasteiger partial charge is 0.481 e. The Bertz CT molecular complexity index is 736. The summed E-state index contributed by atoms with van der Waals surface area (Å²) in [5.41, 5.74) is 3.89. The Morgan fingerprint density at radius 1 is 1.17 bits per heavy atom. The van der Waals surface area contributed by atoms with Gasteiger partial charge in [-0.25, -0.2) is 0 Å². The van der Waals surface area contributed by atoms with E-state index in [1.807, 2.05) is 26.8 Å². The van der Waals surface area contributed by atoms with Gasteiger partial charge in [-0.15, -0.1) is 0 Å². The Kier molecular flexibility index (Phi) is 4.43. The summed E-state index contributed by atoms with van der Waals surface area (Å²) in [6.07, 6.45) is 1.75. The molecule has 1 aromatic rings. The third-order valence-electron chi connectivity index (χ3n) is 5.45. The Morgan fingerprint density at radius 2 is 1.79 bits per heavy atom. The first-order chi connectivity index (χ1) is 11.3. The second-order valence-electron chi connectivity index (χ2n) is 7.09. The lowest BCUT2D eigenvalue weighted by molar-refractivity contribution is -0.148. The van der Waals surface area contributed by atoms with Crippen LogP contribution in [0.2, 0.25) is 5.02 Å². The van der Waals surface area contributed by atoms with Crippen LogP contribution < -0.4 is 5.32 Å². The van der Waals surface area contributed by atoms with Crippen molar-refractivity contribution in [2.24, 2.45) is 23.7 Å². The lowest BCUT2D eigenvalue weighted by Gasteiger charge is -2.26. The van der Waals surface area contributed by atoms with Crippen molar-refractivity contribution in [2.45, 2.75) is 33.6 Å². The number of carbonyl (C=O) groups excluding carboxylic acids is 1. The molecule has 2 saturated carbocycles. The molecule has 24 heavy (non-hydrogen) atoms. The van der Waals surface area contributed by atoms with Crippen molar-refractivity contribution in [1.82, 2.24) is 0 Å². The van der Waals surface area contributed by atoms with Crippen molar-refractivity contribution in [3.05, 3.63) is 39.9 Å². The number of hydrogen-bond donors (Lipinski definition) is 2. The molecule has 1 amide bonds. The highest BCUT2D eigenvalue weighted by molar-refractivity contribution is 6.31. The van der Waals surface area contributed by atoms with E-state index in [-0.39, 0.29) is 17.7 Å². The van der Waals surface area contributed by atoms with Gasteiger partial charge in [0.15, 0.2) is 0 Å². The summed E-state index contributed by atoms with van der Waals surface area (Å²) >= 11 is 6.11. The lowest BCUT2D eigenvalue weighted by atomic mass is 9.78. The van der Waals surface area contributed by atoms with Crippen LogP contribution in [0.1, 0.15) is 32.3 Å². The highest BCUT2D eigenvalue weighted by atomic mass is 35.5. The van der Waals surface area contributed by atoms with Gasteiger partial charge in [0.05, 0.1) is 11.8 Å². The molecule has 3 rings (SSSR count). The van der Waals surface area contributed by atoms with Gasteiger partial charge in [0, 0.05) is 10.7 Å². The van der Waals surface area contributed by atoms with Crippen LogP contribution in [-0.4, -0.2) is 17.0 Å². The Morgan fingerprint density at radius 3 is 2.33 bits per heavy atom. The molecule has 0 radical (unpaired) electrons. The van der Waals surface area contributed by atoms with Gasteiger partial charge >= 0.3 is 5.97 Å². The molecule has 2 aliphatic carbocycles. The number of halogens is 1. The molecule has 0 heterocycles. The molecule has 1 aromatic carbocycles. The molecule has 0 saturated heterocycles. The number of nitrogens with one attached hydrogen (secondary N) is 1. The molecular weight excluding hydrogens is 326 g/mol. The highest BCUT2D eigenvalue weighted by Gasteiger charge is 2.57. The van der Waals surface area contributed by atoms with E-state index in [1.165, 1.54) is 5.57 Å². The van der Waals surface area contributed by atoms with Crippen LogP contribution in [0.15, 0.2) is 29.3 Å². The third kappa shape index (κ3) is 2.73. The Hall–Kier alpha value is -1.81. The maximum atomic E-state index is 12.8. The number of allylic oxidation sites excluding steroid dienone is 2. The predicted molar refractivity (Wildman–Crippen MR) is 94.0 cm³/mol. The topological polar surface area (TPSA) is 66.4 Å². The lowest BCUT2D eigenvalue weighted by Crippen LogP contribution is -2.37. The standard InChI is InChI=1S/C19H22ClNO3/c1-9(2)15-12-6-7-13(15)17(19(23)24)16(12)18(22)21-11-5-4-10(3)14(20)8-11/h4-5,8,12-13,16-17H,6-7H2,1-3H3,(H,21,22)(H,23,24)/t12-,13-,16+,17+/m1/s1. The minimum Gasteiger partial charge on any atom is -0.481 e. The van der Waals surface area contributed by atoms with Gasteiger partial charge in [-0.05, 0) is 63.1 Å². The Labute approximate surface area is 146 Å². The zero-order valence-corrected chi connectivity index (χ0v) is 14.9. The van der Waals surface area contributed by atoms with E-state index in [4.69, 9.17) is 11.6 Å². The molecule has 2 fully saturated rings. The van der Waals surface area contributed by atoms with Gasteiger partial charge in [-0.3, -0.25) is 9.59 Å². The zero-order valence-electron chi connectivity index (χ0n) is 14.1. The summed E-state index contributed by atoms with van der Waals surface area (Å²) in [5.74, 6) is -2.19. The molecule has 4 nitrogen and oxygen atoms in total. The summed E-state index contributed by atoms with van der Waals surface area (Å²) in [6.45, 7) is 5.92. The van der Waals surface area contributed by atoms with E-state index in [0.717, 1.165) is 24.0 Å². The van der Waals surface area contributed by atoms with Crippen LogP contribution in [0.25, 0.3) is 0 Å². The van der Waals surface area contributed by atoms with E-state index in [0.29, 0.717) is 10.7 Å². The first-order valence-electron chi connectivity index (χ1n) is 8.28. The normalized spacial score (nSPS) is 28.1. The monoisotopic (exact) mass is 347 g/mol. The van der Waals surface area contributed by atoms with Crippen LogP contribution >= 0.6 is 11.6 Å². The smallest absolute Gasteiger partial charge is 0.307 e. The molecule has 0 aliphatic heterocycles. The van der Waals surface area contributed by atoms with Crippen LogP contribution in [0.5, 0.6) is 0 Å².